The molecule has 2 aliphatic heterocycles. The van der Waals surface area contributed by atoms with Crippen LogP contribution in [0.25, 0.3) is 0 Å². The number of aromatic nitrogens is 1. The van der Waals surface area contributed by atoms with Crippen molar-refractivity contribution in [3.63, 3.8) is 0 Å². The molecule has 3 heterocycles. The van der Waals surface area contributed by atoms with Crippen molar-refractivity contribution in [3.05, 3.63) is 23.0 Å². The third-order valence-electron chi connectivity index (χ3n) is 4.22. The summed E-state index contributed by atoms with van der Waals surface area (Å²) in [6, 6.07) is 3.41. The van der Waals surface area contributed by atoms with Crippen LogP contribution in [0.4, 0.5) is 10.5 Å². The van der Waals surface area contributed by atoms with Crippen LogP contribution in [0.2, 0.25) is 5.15 Å². The number of ether oxygens (including phenoxy) is 1. The minimum Gasteiger partial charge on any atom is -0.465 e. The third kappa shape index (κ3) is 3.70. The third-order valence-corrected chi connectivity index (χ3v) is 4.50. The molecule has 2 amide bonds. The zero-order chi connectivity index (χ0) is 17.1. The predicted octanol–water partition coefficient (Wildman–Crippen LogP) is 1.05. The molecule has 0 aliphatic carbocycles. The second-order valence-electron chi connectivity index (χ2n) is 5.80. The van der Waals surface area contributed by atoms with Crippen LogP contribution in [0, 0.1) is 0 Å². The highest BCUT2D eigenvalue weighted by Crippen LogP contribution is 2.25. The highest BCUT2D eigenvalue weighted by atomic mass is 35.5. The fourth-order valence-electron chi connectivity index (χ4n) is 2.84. The number of carbonyl (C=O) groups excluding carboxylic acids is 1. The molecule has 0 spiro atoms. The van der Waals surface area contributed by atoms with E-state index in [9.17, 15) is 9.59 Å². The number of carbonyl (C=O) groups is 2. The Morgan fingerprint density at radius 1 is 1.29 bits per heavy atom. The highest BCUT2D eigenvalue weighted by Gasteiger charge is 2.24. The van der Waals surface area contributed by atoms with E-state index < -0.39 is 6.09 Å². The molecule has 130 valence electrons. The molecule has 0 radical (unpaired) electrons. The molecule has 2 N–H and O–H groups in total. The van der Waals surface area contributed by atoms with E-state index in [0.29, 0.717) is 45.1 Å². The van der Waals surface area contributed by atoms with Crippen molar-refractivity contribution in [1.82, 2.24) is 15.2 Å². The van der Waals surface area contributed by atoms with Crippen molar-refractivity contribution >= 4 is 29.3 Å². The Bertz CT molecular complexity index is 628. The van der Waals surface area contributed by atoms with Crippen LogP contribution >= 0.6 is 11.6 Å². The fourth-order valence-corrected chi connectivity index (χ4v) is 3.11. The predicted molar refractivity (Wildman–Crippen MR) is 87.7 cm³/mol. The topological polar surface area (TPSA) is 95.0 Å². The van der Waals surface area contributed by atoms with Crippen molar-refractivity contribution in [3.8, 4) is 0 Å². The Balaban J connectivity index is 1.64. The van der Waals surface area contributed by atoms with Crippen molar-refractivity contribution in [2.24, 2.45) is 0 Å². The first-order chi connectivity index (χ1) is 11.5. The SMILES string of the molecule is O=C(NC1CCOC1)c1ccc(N2CCN(C(=O)O)CC2)c(Cl)n1. The second kappa shape index (κ2) is 7.23. The summed E-state index contributed by atoms with van der Waals surface area (Å²) in [6.07, 6.45) is -0.118. The lowest BCUT2D eigenvalue weighted by atomic mass is 10.2. The lowest BCUT2D eigenvalue weighted by Gasteiger charge is -2.34. The van der Waals surface area contributed by atoms with Gasteiger partial charge in [0, 0.05) is 32.8 Å². The summed E-state index contributed by atoms with van der Waals surface area (Å²) in [5.74, 6) is -0.269. The highest BCUT2D eigenvalue weighted by molar-refractivity contribution is 6.32. The number of carboxylic acid groups (broad SMARTS) is 1. The van der Waals surface area contributed by atoms with E-state index >= 15 is 0 Å². The molecule has 1 unspecified atom stereocenters. The van der Waals surface area contributed by atoms with Gasteiger partial charge >= 0.3 is 6.09 Å². The average Bonchev–Trinajstić information content (AvgIpc) is 3.08. The molecule has 3 rings (SSSR count). The van der Waals surface area contributed by atoms with Crippen LogP contribution in [0.1, 0.15) is 16.9 Å². The van der Waals surface area contributed by atoms with Gasteiger partial charge in [0.2, 0.25) is 0 Å². The summed E-state index contributed by atoms with van der Waals surface area (Å²) in [5.41, 5.74) is 0.974. The van der Waals surface area contributed by atoms with Gasteiger partial charge in [-0.05, 0) is 18.6 Å². The van der Waals surface area contributed by atoms with Gasteiger partial charge in [-0.25, -0.2) is 9.78 Å². The standard InChI is InChI=1S/C15H19ClN4O4/c16-13-12(19-4-6-20(7-5-19)15(22)23)2-1-11(18-13)14(21)17-10-3-8-24-9-10/h1-2,10H,3-9H2,(H,17,21)(H,22,23). The zero-order valence-electron chi connectivity index (χ0n) is 13.1. The molecular weight excluding hydrogens is 336 g/mol. The van der Waals surface area contributed by atoms with Crippen LogP contribution in [0.5, 0.6) is 0 Å². The molecule has 1 aromatic rings. The van der Waals surface area contributed by atoms with Gasteiger partial charge in [-0.1, -0.05) is 11.6 Å². The molecule has 2 saturated heterocycles. The Morgan fingerprint density at radius 3 is 2.62 bits per heavy atom. The number of rotatable bonds is 3. The number of nitrogens with one attached hydrogen (secondary N) is 1. The average molecular weight is 355 g/mol. The van der Waals surface area contributed by atoms with E-state index in [4.69, 9.17) is 21.4 Å². The van der Waals surface area contributed by atoms with Crippen LogP contribution in [0.3, 0.4) is 0 Å². The maximum Gasteiger partial charge on any atom is 0.407 e. The van der Waals surface area contributed by atoms with Crippen molar-refractivity contribution in [1.29, 1.82) is 0 Å². The first-order valence-corrected chi connectivity index (χ1v) is 8.20. The summed E-state index contributed by atoms with van der Waals surface area (Å²) in [5, 5.41) is 12.1. The van der Waals surface area contributed by atoms with Crippen LogP contribution in [-0.4, -0.2) is 72.4 Å². The largest absolute Gasteiger partial charge is 0.465 e. The van der Waals surface area contributed by atoms with E-state index in [-0.39, 0.29) is 22.8 Å². The number of piperazine rings is 1. The van der Waals surface area contributed by atoms with E-state index in [1.807, 2.05) is 4.90 Å². The van der Waals surface area contributed by atoms with E-state index in [0.717, 1.165) is 6.42 Å². The van der Waals surface area contributed by atoms with Gasteiger partial charge in [0.1, 0.15) is 5.69 Å². The van der Waals surface area contributed by atoms with Crippen LogP contribution in [-0.2, 0) is 4.74 Å². The van der Waals surface area contributed by atoms with Gasteiger partial charge in [0.25, 0.3) is 5.91 Å². The maximum atomic E-state index is 12.2. The molecule has 0 bridgehead atoms. The van der Waals surface area contributed by atoms with Crippen LogP contribution in [0.15, 0.2) is 12.1 Å². The molecular formula is C15H19ClN4O4. The number of pyridine rings is 1. The summed E-state index contributed by atoms with van der Waals surface area (Å²) >= 11 is 6.23. The maximum absolute atomic E-state index is 12.2. The van der Waals surface area contributed by atoms with Gasteiger partial charge < -0.3 is 25.0 Å². The molecule has 2 fully saturated rings. The van der Waals surface area contributed by atoms with Gasteiger partial charge in [-0.15, -0.1) is 0 Å². The van der Waals surface area contributed by atoms with Crippen molar-refractivity contribution < 1.29 is 19.4 Å². The van der Waals surface area contributed by atoms with E-state index in [1.165, 1.54) is 4.90 Å². The normalized spacial score (nSPS) is 21.0. The molecule has 1 atom stereocenters. The van der Waals surface area contributed by atoms with Crippen LogP contribution < -0.4 is 10.2 Å². The second-order valence-corrected chi connectivity index (χ2v) is 6.16. The molecule has 0 saturated carbocycles. The molecule has 2 aliphatic rings. The first kappa shape index (κ1) is 16.8. The van der Waals surface area contributed by atoms with E-state index in [2.05, 4.69) is 10.3 Å². The minimum absolute atomic E-state index is 0.0156. The number of anilines is 1. The molecule has 9 heteroatoms. The fraction of sp³-hybridized carbons (Fsp3) is 0.533. The smallest absolute Gasteiger partial charge is 0.407 e. The molecule has 1 aromatic heterocycles. The quantitative estimate of drug-likeness (QED) is 0.788. The lowest BCUT2D eigenvalue weighted by molar-refractivity contribution is 0.0924. The summed E-state index contributed by atoms with van der Waals surface area (Å²) in [7, 11) is 0. The van der Waals surface area contributed by atoms with Gasteiger partial charge in [-0.2, -0.15) is 0 Å². The number of hydrogen-bond donors (Lipinski definition) is 2. The number of hydrogen-bond acceptors (Lipinski definition) is 5. The number of halogens is 1. The summed E-state index contributed by atoms with van der Waals surface area (Å²) in [4.78, 5) is 30.7. The van der Waals surface area contributed by atoms with E-state index in [1.54, 1.807) is 12.1 Å². The Labute approximate surface area is 144 Å². The Kier molecular flexibility index (Phi) is 5.06. The monoisotopic (exact) mass is 354 g/mol. The molecule has 0 aromatic carbocycles. The van der Waals surface area contributed by atoms with Gasteiger partial charge in [0.15, 0.2) is 5.15 Å². The molecule has 24 heavy (non-hydrogen) atoms. The van der Waals surface area contributed by atoms with Crippen molar-refractivity contribution in [2.45, 2.75) is 12.5 Å². The minimum atomic E-state index is -0.915. The van der Waals surface area contributed by atoms with Gasteiger partial charge in [0.05, 0.1) is 18.3 Å². The zero-order valence-corrected chi connectivity index (χ0v) is 13.8. The molecule has 8 nitrogen and oxygen atoms in total. The number of nitrogens with zero attached hydrogens (tertiary/aromatic N) is 3. The van der Waals surface area contributed by atoms with Gasteiger partial charge in [-0.3, -0.25) is 4.79 Å². The lowest BCUT2D eigenvalue weighted by Crippen LogP contribution is -2.48. The summed E-state index contributed by atoms with van der Waals surface area (Å²) in [6.45, 7) is 3.08. The summed E-state index contributed by atoms with van der Waals surface area (Å²) < 4.78 is 5.23. The Hall–Kier alpha value is -2.06. The first-order valence-electron chi connectivity index (χ1n) is 7.82. The van der Waals surface area contributed by atoms with Crippen molar-refractivity contribution in [2.75, 3.05) is 44.3 Å². The number of amides is 2. The Morgan fingerprint density at radius 2 is 2.04 bits per heavy atom.